The van der Waals surface area contributed by atoms with E-state index >= 15 is 0 Å². The highest BCUT2D eigenvalue weighted by Crippen LogP contribution is 2.25. The van der Waals surface area contributed by atoms with Crippen LogP contribution >= 0.6 is 34.2 Å². The third-order valence-electron chi connectivity index (χ3n) is 4.65. The first-order valence-corrected chi connectivity index (χ1v) is 10.1. The zero-order chi connectivity index (χ0) is 19.4. The molecule has 5 nitrogen and oxygen atoms in total. The topological polar surface area (TPSA) is 49.9 Å². The quantitative estimate of drug-likeness (QED) is 0.477. The van der Waals surface area contributed by atoms with Gasteiger partial charge in [-0.15, -0.1) is 0 Å². The van der Waals surface area contributed by atoms with Crippen LogP contribution in [0.4, 0.5) is 0 Å². The number of carbonyl (C=O) groups is 2. The van der Waals surface area contributed by atoms with Crippen molar-refractivity contribution in [2.24, 2.45) is 0 Å². The SMILES string of the molecule is COC(=O)C(c1ccc(Cl)cc1)N1CCN(C(=O)c2cccc(I)c2)CC1. The molecular formula is C20H20ClIN2O3. The average Bonchev–Trinajstić information content (AvgIpc) is 2.69. The van der Waals surface area contributed by atoms with Crippen LogP contribution in [0.25, 0.3) is 0 Å². The van der Waals surface area contributed by atoms with Crippen LogP contribution in [-0.2, 0) is 9.53 Å². The molecule has 1 saturated heterocycles. The van der Waals surface area contributed by atoms with Gasteiger partial charge in [-0.1, -0.05) is 29.8 Å². The second-order valence-electron chi connectivity index (χ2n) is 6.32. The lowest BCUT2D eigenvalue weighted by atomic mass is 10.0. The summed E-state index contributed by atoms with van der Waals surface area (Å²) in [5, 5.41) is 0.621. The smallest absolute Gasteiger partial charge is 0.327 e. The van der Waals surface area contributed by atoms with E-state index < -0.39 is 6.04 Å². The van der Waals surface area contributed by atoms with Gasteiger partial charge in [0.05, 0.1) is 7.11 Å². The minimum atomic E-state index is -0.498. The molecule has 142 valence electrons. The van der Waals surface area contributed by atoms with Gasteiger partial charge < -0.3 is 9.64 Å². The number of halogens is 2. The van der Waals surface area contributed by atoms with Crippen molar-refractivity contribution in [1.82, 2.24) is 9.80 Å². The van der Waals surface area contributed by atoms with Crippen LogP contribution in [0.5, 0.6) is 0 Å². The Labute approximate surface area is 177 Å². The Morgan fingerprint density at radius 2 is 1.74 bits per heavy atom. The minimum absolute atomic E-state index is 0.0225. The van der Waals surface area contributed by atoms with Crippen LogP contribution in [0.2, 0.25) is 5.02 Å². The molecule has 27 heavy (non-hydrogen) atoms. The van der Waals surface area contributed by atoms with E-state index in [9.17, 15) is 9.59 Å². The number of esters is 1. The fraction of sp³-hybridized carbons (Fsp3) is 0.300. The summed E-state index contributed by atoms with van der Waals surface area (Å²) in [7, 11) is 1.39. The molecule has 2 aromatic rings. The highest BCUT2D eigenvalue weighted by atomic mass is 127. The summed E-state index contributed by atoms with van der Waals surface area (Å²) in [6.45, 7) is 2.31. The van der Waals surface area contributed by atoms with Gasteiger partial charge in [0.2, 0.25) is 0 Å². The summed E-state index contributed by atoms with van der Waals surface area (Å²) in [5.41, 5.74) is 1.53. The molecular weight excluding hydrogens is 479 g/mol. The second kappa shape index (κ2) is 9.03. The van der Waals surface area contributed by atoms with E-state index in [4.69, 9.17) is 16.3 Å². The lowest BCUT2D eigenvalue weighted by Gasteiger charge is -2.38. The van der Waals surface area contributed by atoms with Gasteiger partial charge >= 0.3 is 5.97 Å². The fourth-order valence-electron chi connectivity index (χ4n) is 3.24. The molecule has 3 rings (SSSR count). The predicted octanol–water partition coefficient (Wildman–Crippen LogP) is 3.62. The normalized spacial score (nSPS) is 16.0. The zero-order valence-corrected chi connectivity index (χ0v) is 17.8. The number of benzene rings is 2. The third-order valence-corrected chi connectivity index (χ3v) is 5.57. The van der Waals surface area contributed by atoms with Gasteiger partial charge in [0.1, 0.15) is 6.04 Å². The molecule has 1 aliphatic heterocycles. The van der Waals surface area contributed by atoms with Crippen molar-refractivity contribution in [2.75, 3.05) is 33.3 Å². The van der Waals surface area contributed by atoms with Crippen LogP contribution in [0.15, 0.2) is 48.5 Å². The number of carbonyl (C=O) groups excluding carboxylic acids is 2. The van der Waals surface area contributed by atoms with Crippen LogP contribution < -0.4 is 0 Å². The number of methoxy groups -OCH3 is 1. The standard InChI is InChI=1S/C20H20ClIN2O3/c1-27-20(26)18(14-5-7-16(21)8-6-14)23-9-11-24(12-10-23)19(25)15-3-2-4-17(22)13-15/h2-8,13,18H,9-12H2,1H3. The van der Waals surface area contributed by atoms with Crippen molar-refractivity contribution in [3.63, 3.8) is 0 Å². The Kier molecular flexibility index (Phi) is 6.73. The molecule has 0 aromatic heterocycles. The summed E-state index contributed by atoms with van der Waals surface area (Å²) in [6.07, 6.45) is 0. The molecule has 0 spiro atoms. The van der Waals surface area contributed by atoms with Gasteiger partial charge in [0.15, 0.2) is 0 Å². The van der Waals surface area contributed by atoms with Gasteiger partial charge in [0, 0.05) is 40.3 Å². The molecule has 1 aliphatic rings. The van der Waals surface area contributed by atoms with Crippen molar-refractivity contribution in [3.05, 3.63) is 68.3 Å². The molecule has 0 bridgehead atoms. The summed E-state index contributed by atoms with van der Waals surface area (Å²) in [5.74, 6) is -0.288. The minimum Gasteiger partial charge on any atom is -0.468 e. The van der Waals surface area contributed by atoms with Gasteiger partial charge in [-0.3, -0.25) is 9.69 Å². The largest absolute Gasteiger partial charge is 0.468 e. The first-order chi connectivity index (χ1) is 13.0. The molecule has 1 amide bonds. The van der Waals surface area contributed by atoms with Crippen LogP contribution in [0, 0.1) is 3.57 Å². The first-order valence-electron chi connectivity index (χ1n) is 8.62. The summed E-state index contributed by atoms with van der Waals surface area (Å²) in [6, 6.07) is 14.3. The Balaban J connectivity index is 1.71. The molecule has 2 aromatic carbocycles. The van der Waals surface area contributed by atoms with Gasteiger partial charge in [-0.05, 0) is 58.5 Å². The first kappa shape index (κ1) is 20.1. The molecule has 0 aliphatic carbocycles. The van der Waals surface area contributed by atoms with Crippen LogP contribution in [-0.4, -0.2) is 55.0 Å². The maximum Gasteiger partial charge on any atom is 0.327 e. The highest BCUT2D eigenvalue weighted by molar-refractivity contribution is 14.1. The molecule has 1 fully saturated rings. The molecule has 0 saturated carbocycles. The molecule has 0 N–H and O–H groups in total. The molecule has 1 heterocycles. The van der Waals surface area contributed by atoms with Gasteiger partial charge in [-0.2, -0.15) is 0 Å². The fourth-order valence-corrected chi connectivity index (χ4v) is 3.91. The van der Waals surface area contributed by atoms with E-state index in [2.05, 4.69) is 22.6 Å². The van der Waals surface area contributed by atoms with Gasteiger partial charge in [-0.25, -0.2) is 4.79 Å². The highest BCUT2D eigenvalue weighted by Gasteiger charge is 2.32. The average molecular weight is 499 g/mol. The van der Waals surface area contributed by atoms with Crippen molar-refractivity contribution >= 4 is 46.1 Å². The molecule has 0 radical (unpaired) electrons. The number of amides is 1. The monoisotopic (exact) mass is 498 g/mol. The van der Waals surface area contributed by atoms with Gasteiger partial charge in [0.25, 0.3) is 5.91 Å². The number of piperazine rings is 1. The number of rotatable bonds is 4. The van der Waals surface area contributed by atoms with Crippen molar-refractivity contribution in [3.8, 4) is 0 Å². The van der Waals surface area contributed by atoms with Crippen LogP contribution in [0.1, 0.15) is 22.0 Å². The number of nitrogens with zero attached hydrogens (tertiary/aromatic N) is 2. The van der Waals surface area contributed by atoms with E-state index in [0.29, 0.717) is 36.8 Å². The Morgan fingerprint density at radius 1 is 1.07 bits per heavy atom. The van der Waals surface area contributed by atoms with E-state index in [1.165, 1.54) is 7.11 Å². The second-order valence-corrected chi connectivity index (χ2v) is 8.00. The zero-order valence-electron chi connectivity index (χ0n) is 14.9. The lowest BCUT2D eigenvalue weighted by molar-refractivity contribution is -0.148. The maximum absolute atomic E-state index is 12.7. The molecule has 7 heteroatoms. The molecule has 1 unspecified atom stereocenters. The van der Waals surface area contributed by atoms with E-state index in [1.807, 2.05) is 46.2 Å². The number of hydrogen-bond donors (Lipinski definition) is 0. The van der Waals surface area contributed by atoms with Crippen molar-refractivity contribution in [2.45, 2.75) is 6.04 Å². The molecule has 1 atom stereocenters. The summed E-state index contributed by atoms with van der Waals surface area (Å²) in [4.78, 5) is 29.0. The maximum atomic E-state index is 12.7. The van der Waals surface area contributed by atoms with E-state index in [0.717, 1.165) is 9.13 Å². The van der Waals surface area contributed by atoms with Crippen molar-refractivity contribution in [1.29, 1.82) is 0 Å². The predicted molar refractivity (Wildman–Crippen MR) is 113 cm³/mol. The van der Waals surface area contributed by atoms with Crippen LogP contribution in [0.3, 0.4) is 0 Å². The Hall–Kier alpha value is -1.64. The summed E-state index contributed by atoms with van der Waals surface area (Å²) >= 11 is 8.17. The Morgan fingerprint density at radius 3 is 2.33 bits per heavy atom. The van der Waals surface area contributed by atoms with E-state index in [1.54, 1.807) is 12.1 Å². The van der Waals surface area contributed by atoms with Crippen molar-refractivity contribution < 1.29 is 14.3 Å². The lowest BCUT2D eigenvalue weighted by Crippen LogP contribution is -2.51. The Bertz CT molecular complexity index is 820. The number of hydrogen-bond acceptors (Lipinski definition) is 4. The third kappa shape index (κ3) is 4.80. The van der Waals surface area contributed by atoms with E-state index in [-0.39, 0.29) is 11.9 Å². The number of ether oxygens (including phenoxy) is 1. The summed E-state index contributed by atoms with van der Waals surface area (Å²) < 4.78 is 6.05.